The lowest BCUT2D eigenvalue weighted by Gasteiger charge is -2.42. The van der Waals surface area contributed by atoms with Crippen molar-refractivity contribution in [2.45, 2.75) is 30.8 Å². The Hall–Kier alpha value is -3.42. The minimum Gasteiger partial charge on any atom is -0.332 e. The Morgan fingerprint density at radius 3 is 2.71 bits per heavy atom. The summed E-state index contributed by atoms with van der Waals surface area (Å²) in [6.07, 6.45) is 2.37. The normalized spacial score (nSPS) is 21.0. The second-order valence-electron chi connectivity index (χ2n) is 7.80. The molecule has 1 radical (unpaired) electrons. The summed E-state index contributed by atoms with van der Waals surface area (Å²) in [4.78, 5) is 26.5. The molecule has 8 heteroatoms. The van der Waals surface area contributed by atoms with Crippen molar-refractivity contribution in [1.29, 1.82) is 0 Å². The van der Waals surface area contributed by atoms with Gasteiger partial charge in [0.1, 0.15) is 11.5 Å². The van der Waals surface area contributed by atoms with Gasteiger partial charge in [0.05, 0.1) is 24.3 Å². The number of rotatable bonds is 3. The fourth-order valence-electron chi connectivity index (χ4n) is 4.84. The Morgan fingerprint density at radius 2 is 1.90 bits per heavy atom. The van der Waals surface area contributed by atoms with E-state index in [0.29, 0.717) is 24.9 Å². The van der Waals surface area contributed by atoms with Crippen molar-refractivity contribution in [2.24, 2.45) is 0 Å². The van der Waals surface area contributed by atoms with Gasteiger partial charge in [-0.2, -0.15) is 5.10 Å². The average molecular weight is 424 g/mol. The van der Waals surface area contributed by atoms with E-state index >= 15 is 4.39 Å². The molecule has 0 aliphatic carbocycles. The molecular formula is C23H17F3N3O2. The molecule has 1 amide bonds. The molecule has 0 bridgehead atoms. The summed E-state index contributed by atoms with van der Waals surface area (Å²) in [7, 11) is 0. The Labute approximate surface area is 175 Å². The number of carbonyl (C=O) groups excluding carboxylic acids is 1. The third kappa shape index (κ3) is 3.13. The van der Waals surface area contributed by atoms with Crippen LogP contribution in [0.3, 0.4) is 0 Å². The maximum Gasteiger partial charge on any atom is 0.273 e. The predicted octanol–water partition coefficient (Wildman–Crippen LogP) is 3.45. The first-order chi connectivity index (χ1) is 15.0. The van der Waals surface area contributed by atoms with E-state index in [4.69, 9.17) is 0 Å². The van der Waals surface area contributed by atoms with Crippen LogP contribution in [0.5, 0.6) is 0 Å². The Morgan fingerprint density at radius 1 is 1.10 bits per heavy atom. The Balaban J connectivity index is 1.79. The number of hydrogen-bond donors (Lipinski definition) is 0. The van der Waals surface area contributed by atoms with Crippen molar-refractivity contribution in [3.63, 3.8) is 0 Å². The molecule has 5 rings (SSSR count). The lowest BCUT2D eigenvalue weighted by molar-refractivity contribution is 0.0570. The minimum atomic E-state index is -1.04. The molecule has 0 saturated carbocycles. The highest BCUT2D eigenvalue weighted by Crippen LogP contribution is 2.45. The van der Waals surface area contributed by atoms with Crippen LogP contribution in [-0.2, 0) is 0 Å². The molecule has 2 aliphatic heterocycles. The molecule has 1 aromatic heterocycles. The average Bonchev–Trinajstić information content (AvgIpc) is 3.24. The molecule has 3 heterocycles. The van der Waals surface area contributed by atoms with Crippen LogP contribution >= 0.6 is 0 Å². The minimum absolute atomic E-state index is 0.0308. The fraction of sp³-hybridized carbons (Fsp3) is 0.261. The van der Waals surface area contributed by atoms with Gasteiger partial charge >= 0.3 is 0 Å². The Kier molecular flexibility index (Phi) is 4.64. The van der Waals surface area contributed by atoms with Crippen molar-refractivity contribution in [2.75, 3.05) is 6.54 Å². The van der Waals surface area contributed by atoms with E-state index in [0.717, 1.165) is 12.3 Å². The molecule has 0 spiro atoms. The fourth-order valence-corrected chi connectivity index (χ4v) is 4.84. The van der Waals surface area contributed by atoms with Gasteiger partial charge in [-0.1, -0.05) is 24.3 Å². The molecule has 2 aromatic carbocycles. The quantitative estimate of drug-likeness (QED) is 0.647. The van der Waals surface area contributed by atoms with Gasteiger partial charge in [-0.25, -0.2) is 13.2 Å². The molecule has 3 atom stereocenters. The number of fused-ring (bicyclic) bond motifs is 2. The molecule has 157 valence electrons. The topological polar surface area (TPSA) is 55.2 Å². The molecular weight excluding hydrogens is 407 g/mol. The van der Waals surface area contributed by atoms with Crippen LogP contribution in [0, 0.1) is 23.5 Å². The number of hydrogen-bond acceptors (Lipinski definition) is 3. The second-order valence-corrected chi connectivity index (χ2v) is 7.80. The second kappa shape index (κ2) is 7.37. The first kappa shape index (κ1) is 19.5. The number of amides is 1. The lowest BCUT2D eigenvalue weighted by Crippen LogP contribution is -2.51. The zero-order valence-corrected chi connectivity index (χ0v) is 16.3. The maximum absolute atomic E-state index is 15.0. The van der Waals surface area contributed by atoms with Gasteiger partial charge < -0.3 is 4.90 Å². The molecule has 3 aromatic rings. The standard InChI is InChI=1S/C23H17F3N3O2/c24-14-5-1-4-13(10-14)20(16-6-2-7-17(25)21(16)26)22-18-8-3-9-28(18)23(31)19-11-15(30)12-27-29(19)22/h1-2,4-7,10,12,18,20,22H,3,8-9H2/t18-,20-,22-/m1/s1. The van der Waals surface area contributed by atoms with Crippen LogP contribution in [0.25, 0.3) is 0 Å². The molecule has 0 N–H and O–H groups in total. The maximum atomic E-state index is 15.0. The van der Waals surface area contributed by atoms with Crippen molar-refractivity contribution in [3.8, 4) is 0 Å². The first-order valence-electron chi connectivity index (χ1n) is 9.97. The molecule has 0 unspecified atom stereocenters. The van der Waals surface area contributed by atoms with Gasteiger partial charge in [-0.3, -0.25) is 14.3 Å². The SMILES string of the molecule is O=C1c2[c]c(=O)cnn2[C@@H]([C@H](c2cccc(F)c2)c2cccc(F)c2F)[C@H]2CCCN12. The van der Waals surface area contributed by atoms with Crippen molar-refractivity contribution >= 4 is 5.91 Å². The van der Waals surface area contributed by atoms with Crippen LogP contribution in [-0.4, -0.2) is 33.2 Å². The largest absolute Gasteiger partial charge is 0.332 e. The monoisotopic (exact) mass is 424 g/mol. The number of carbonyl (C=O) groups is 1. The summed E-state index contributed by atoms with van der Waals surface area (Å²) in [5.74, 6) is -3.80. The summed E-state index contributed by atoms with van der Waals surface area (Å²) < 4.78 is 44.8. The third-order valence-electron chi connectivity index (χ3n) is 6.08. The first-order valence-corrected chi connectivity index (χ1v) is 9.97. The highest BCUT2D eigenvalue weighted by atomic mass is 19.2. The van der Waals surface area contributed by atoms with Gasteiger partial charge in [-0.05, 0) is 36.6 Å². The van der Waals surface area contributed by atoms with Crippen molar-refractivity contribution in [1.82, 2.24) is 14.7 Å². The smallest absolute Gasteiger partial charge is 0.273 e. The van der Waals surface area contributed by atoms with Crippen LogP contribution < -0.4 is 5.43 Å². The van der Waals surface area contributed by atoms with Gasteiger partial charge in [0.15, 0.2) is 11.6 Å². The molecule has 31 heavy (non-hydrogen) atoms. The van der Waals surface area contributed by atoms with Crippen LogP contribution in [0.1, 0.15) is 46.4 Å². The predicted molar refractivity (Wildman–Crippen MR) is 105 cm³/mol. The van der Waals surface area contributed by atoms with Gasteiger partial charge in [0, 0.05) is 18.0 Å². The van der Waals surface area contributed by atoms with Crippen molar-refractivity contribution in [3.05, 3.63) is 99.2 Å². The molecule has 5 nitrogen and oxygen atoms in total. The highest BCUT2D eigenvalue weighted by Gasteiger charge is 2.47. The number of benzene rings is 2. The van der Waals surface area contributed by atoms with E-state index in [1.54, 1.807) is 11.0 Å². The summed E-state index contributed by atoms with van der Waals surface area (Å²) in [5, 5.41) is 4.17. The number of nitrogens with zero attached hydrogens (tertiary/aromatic N) is 3. The van der Waals surface area contributed by atoms with Crippen LogP contribution in [0.4, 0.5) is 13.2 Å². The van der Waals surface area contributed by atoms with E-state index < -0.39 is 34.8 Å². The van der Waals surface area contributed by atoms with E-state index in [1.165, 1.54) is 35.0 Å². The van der Waals surface area contributed by atoms with Crippen molar-refractivity contribution < 1.29 is 18.0 Å². The van der Waals surface area contributed by atoms with E-state index in [-0.39, 0.29) is 23.2 Å². The van der Waals surface area contributed by atoms with E-state index in [2.05, 4.69) is 11.2 Å². The zero-order valence-electron chi connectivity index (χ0n) is 16.3. The van der Waals surface area contributed by atoms with Crippen LogP contribution in [0.15, 0.2) is 53.5 Å². The molecule has 1 fully saturated rings. The summed E-state index contributed by atoms with van der Waals surface area (Å²) >= 11 is 0. The van der Waals surface area contributed by atoms with Gasteiger partial charge in [0.2, 0.25) is 5.43 Å². The Bertz CT molecular complexity index is 1240. The zero-order chi connectivity index (χ0) is 21.7. The molecule has 1 saturated heterocycles. The van der Waals surface area contributed by atoms with E-state index in [9.17, 15) is 18.4 Å². The van der Waals surface area contributed by atoms with Gasteiger partial charge in [0.25, 0.3) is 5.91 Å². The summed E-state index contributed by atoms with van der Waals surface area (Å²) in [6.45, 7) is 0.471. The highest BCUT2D eigenvalue weighted by molar-refractivity contribution is 5.93. The molecule has 2 aliphatic rings. The number of halogens is 3. The third-order valence-corrected chi connectivity index (χ3v) is 6.08. The van der Waals surface area contributed by atoms with E-state index in [1.807, 2.05) is 0 Å². The number of aromatic nitrogens is 2. The summed E-state index contributed by atoms with van der Waals surface area (Å²) in [6, 6.07) is 11.0. The van der Waals surface area contributed by atoms with Crippen LogP contribution in [0.2, 0.25) is 0 Å². The van der Waals surface area contributed by atoms with Gasteiger partial charge in [-0.15, -0.1) is 0 Å². The summed E-state index contributed by atoms with van der Waals surface area (Å²) in [5.41, 5.74) is -0.130. The lowest BCUT2D eigenvalue weighted by atomic mass is 9.79.